The lowest BCUT2D eigenvalue weighted by molar-refractivity contribution is -0.126. The molecule has 0 heterocycles. The van der Waals surface area contributed by atoms with Gasteiger partial charge in [0, 0.05) is 42.9 Å². The lowest BCUT2D eigenvalue weighted by atomic mass is 9.99. The maximum Gasteiger partial charge on any atom is 0.253 e. The summed E-state index contributed by atoms with van der Waals surface area (Å²) >= 11 is 0. The second-order valence-corrected chi connectivity index (χ2v) is 11.6. The molecule has 0 aliphatic heterocycles. The van der Waals surface area contributed by atoms with Crippen LogP contribution in [0, 0.1) is 12.3 Å². The molecule has 0 aliphatic rings. The first kappa shape index (κ1) is 36.0. The number of nitrogens with zero attached hydrogens (tertiary/aromatic N) is 2. The van der Waals surface area contributed by atoms with E-state index in [0.29, 0.717) is 37.2 Å². The summed E-state index contributed by atoms with van der Waals surface area (Å²) in [5.74, 6) is 1.77. The maximum atomic E-state index is 13.8. The molecule has 2 atom stereocenters. The largest absolute Gasteiger partial charge is 0.390 e. The number of hydrogen-bond acceptors (Lipinski definition) is 5. The first-order valence-electron chi connectivity index (χ1n) is 16.3. The van der Waals surface area contributed by atoms with Crippen LogP contribution in [-0.2, 0) is 17.6 Å². The summed E-state index contributed by atoms with van der Waals surface area (Å²) in [5.41, 5.74) is 5.81. The van der Waals surface area contributed by atoms with Gasteiger partial charge in [0.15, 0.2) is 0 Å². The van der Waals surface area contributed by atoms with E-state index in [9.17, 15) is 19.5 Å². The second kappa shape index (κ2) is 19.2. The number of unbranched alkanes of at least 4 members (excludes halogenated alkanes) is 1. The van der Waals surface area contributed by atoms with Gasteiger partial charge in [0.2, 0.25) is 5.91 Å². The van der Waals surface area contributed by atoms with Gasteiger partial charge in [-0.05, 0) is 55.0 Å². The van der Waals surface area contributed by atoms with Gasteiger partial charge >= 0.3 is 0 Å². The third kappa shape index (κ3) is 11.5. The molecule has 244 valence electrons. The highest BCUT2D eigenvalue weighted by molar-refractivity contribution is 6.00. The van der Waals surface area contributed by atoms with E-state index in [0.717, 1.165) is 36.8 Å². The summed E-state index contributed by atoms with van der Waals surface area (Å²) in [6, 6.07) is 23.2. The first-order valence-corrected chi connectivity index (χ1v) is 16.3. The monoisotopic (exact) mass is 624 g/mol. The molecule has 8 heteroatoms. The molecular formula is C38H48N4O4. The van der Waals surface area contributed by atoms with Crippen molar-refractivity contribution in [2.75, 3.05) is 26.2 Å². The molecule has 0 spiro atoms. The lowest BCUT2D eigenvalue weighted by Crippen LogP contribution is -2.53. The Labute approximate surface area is 274 Å². The summed E-state index contributed by atoms with van der Waals surface area (Å²) in [5, 5.41) is 16.3. The molecule has 0 radical (unpaired) electrons. The van der Waals surface area contributed by atoms with Crippen molar-refractivity contribution in [1.29, 1.82) is 0 Å². The number of aliphatic hydroxyl groups is 1. The molecule has 3 rings (SSSR count). The second-order valence-electron chi connectivity index (χ2n) is 11.6. The van der Waals surface area contributed by atoms with Crippen molar-refractivity contribution in [2.45, 2.75) is 71.4 Å². The van der Waals surface area contributed by atoms with Crippen molar-refractivity contribution in [3.8, 4) is 12.3 Å². The summed E-state index contributed by atoms with van der Waals surface area (Å²) < 4.78 is 0. The van der Waals surface area contributed by atoms with Crippen LogP contribution in [0.15, 0.2) is 78.9 Å². The Kier molecular flexibility index (Phi) is 15.0. The van der Waals surface area contributed by atoms with Gasteiger partial charge < -0.3 is 15.3 Å². The van der Waals surface area contributed by atoms with Crippen molar-refractivity contribution in [3.63, 3.8) is 0 Å². The van der Waals surface area contributed by atoms with E-state index in [4.69, 9.17) is 6.42 Å². The van der Waals surface area contributed by atoms with Crippen molar-refractivity contribution < 1.29 is 19.5 Å². The molecule has 8 nitrogen and oxygen atoms in total. The molecule has 46 heavy (non-hydrogen) atoms. The van der Waals surface area contributed by atoms with Crippen LogP contribution < -0.4 is 10.7 Å². The fourth-order valence-electron chi connectivity index (χ4n) is 5.30. The average molecular weight is 625 g/mol. The number of terminal acetylenes is 1. The lowest BCUT2D eigenvalue weighted by Gasteiger charge is -2.30. The predicted octanol–water partition coefficient (Wildman–Crippen LogP) is 5.01. The number of hydrogen-bond donors (Lipinski definition) is 3. The van der Waals surface area contributed by atoms with Crippen molar-refractivity contribution >= 4 is 17.7 Å². The highest BCUT2D eigenvalue weighted by Crippen LogP contribution is 2.16. The fraction of sp³-hybridized carbons (Fsp3) is 0.395. The predicted molar refractivity (Wildman–Crippen MR) is 183 cm³/mol. The van der Waals surface area contributed by atoms with Crippen LogP contribution in [0.1, 0.15) is 83.9 Å². The van der Waals surface area contributed by atoms with E-state index in [1.54, 1.807) is 28.1 Å². The van der Waals surface area contributed by atoms with Gasteiger partial charge in [-0.3, -0.25) is 19.8 Å². The maximum absolute atomic E-state index is 13.8. The van der Waals surface area contributed by atoms with Gasteiger partial charge in [0.05, 0.1) is 18.6 Å². The minimum atomic E-state index is -1.03. The van der Waals surface area contributed by atoms with Gasteiger partial charge in [-0.15, -0.1) is 6.42 Å². The zero-order valence-corrected chi connectivity index (χ0v) is 27.4. The molecule has 0 aromatic heterocycles. The SMILES string of the molecule is C#Cc1cc(C(=O)NC(Cc2ccccc2)C(O)CN(CCCC)NC(=O)Cc2ccccc2)cc(C(=O)N(CCC)CCC)c1. The van der Waals surface area contributed by atoms with Crippen LogP contribution in [0.25, 0.3) is 0 Å². The number of hydrazine groups is 1. The Balaban J connectivity index is 1.84. The Hall–Kier alpha value is -4.45. The Bertz CT molecular complexity index is 1430. The zero-order valence-electron chi connectivity index (χ0n) is 27.4. The van der Waals surface area contributed by atoms with Crippen LogP contribution in [0.3, 0.4) is 0 Å². The fourth-order valence-corrected chi connectivity index (χ4v) is 5.30. The number of benzene rings is 3. The minimum Gasteiger partial charge on any atom is -0.390 e. The molecule has 0 aliphatic carbocycles. The highest BCUT2D eigenvalue weighted by Gasteiger charge is 2.26. The standard InChI is InChI=1S/C38H48N4O4/c1-5-9-22-42(40-36(44)26-31-18-14-11-15-19-31)28-35(43)34(25-30-16-12-10-13-17-30)39-37(45)32-23-29(8-4)24-33(27-32)38(46)41(20-6-2)21-7-3/h4,10-19,23-24,27,34-35,43H,5-7,9,20-22,25-26,28H2,1-3H3,(H,39,45)(H,40,44). The Morgan fingerprint density at radius 2 is 1.43 bits per heavy atom. The number of carbonyl (C=O) groups is 3. The van der Waals surface area contributed by atoms with Gasteiger partial charge in [-0.1, -0.05) is 93.8 Å². The van der Waals surface area contributed by atoms with Crippen LogP contribution in [0.4, 0.5) is 0 Å². The van der Waals surface area contributed by atoms with E-state index in [1.165, 1.54) is 0 Å². The number of carbonyl (C=O) groups excluding carboxylic acids is 3. The number of amides is 3. The summed E-state index contributed by atoms with van der Waals surface area (Å²) in [6.45, 7) is 7.96. The van der Waals surface area contributed by atoms with Crippen molar-refractivity contribution in [1.82, 2.24) is 20.7 Å². The van der Waals surface area contributed by atoms with E-state index in [2.05, 4.69) is 23.6 Å². The molecular weight excluding hydrogens is 576 g/mol. The normalized spacial score (nSPS) is 12.2. The van der Waals surface area contributed by atoms with Gasteiger partial charge in [-0.25, -0.2) is 5.01 Å². The van der Waals surface area contributed by atoms with E-state index in [-0.39, 0.29) is 30.3 Å². The minimum absolute atomic E-state index is 0.107. The van der Waals surface area contributed by atoms with Crippen LogP contribution in [0.5, 0.6) is 0 Å². The number of aliphatic hydroxyl groups excluding tert-OH is 1. The van der Waals surface area contributed by atoms with Crippen molar-refractivity contribution in [3.05, 3.63) is 107 Å². The summed E-state index contributed by atoms with van der Waals surface area (Å²) in [6.07, 6.45) is 8.62. The third-order valence-corrected chi connectivity index (χ3v) is 7.64. The van der Waals surface area contributed by atoms with E-state index >= 15 is 0 Å². The average Bonchev–Trinajstić information content (AvgIpc) is 3.07. The summed E-state index contributed by atoms with van der Waals surface area (Å²) in [7, 11) is 0. The quantitative estimate of drug-likeness (QED) is 0.137. The Morgan fingerprint density at radius 1 is 0.826 bits per heavy atom. The van der Waals surface area contributed by atoms with Gasteiger partial charge in [-0.2, -0.15) is 0 Å². The zero-order chi connectivity index (χ0) is 33.3. The molecule has 0 saturated carbocycles. The molecule has 3 N–H and O–H groups in total. The molecule has 0 fully saturated rings. The van der Waals surface area contributed by atoms with E-state index in [1.807, 2.05) is 74.5 Å². The Morgan fingerprint density at radius 3 is 2.02 bits per heavy atom. The molecule has 3 aromatic carbocycles. The number of rotatable bonds is 18. The molecule has 0 bridgehead atoms. The third-order valence-electron chi connectivity index (χ3n) is 7.64. The number of nitrogens with one attached hydrogen (secondary N) is 2. The van der Waals surface area contributed by atoms with Crippen LogP contribution >= 0.6 is 0 Å². The molecule has 3 aromatic rings. The highest BCUT2D eigenvalue weighted by atomic mass is 16.3. The summed E-state index contributed by atoms with van der Waals surface area (Å²) in [4.78, 5) is 41.8. The molecule has 0 saturated heterocycles. The molecule has 2 unspecified atom stereocenters. The van der Waals surface area contributed by atoms with Crippen LogP contribution in [-0.4, -0.2) is 71.1 Å². The first-order chi connectivity index (χ1) is 22.3. The van der Waals surface area contributed by atoms with Crippen molar-refractivity contribution in [2.24, 2.45) is 0 Å². The molecule has 3 amide bonds. The van der Waals surface area contributed by atoms with E-state index < -0.39 is 18.1 Å². The van der Waals surface area contributed by atoms with Gasteiger partial charge in [0.1, 0.15) is 0 Å². The van der Waals surface area contributed by atoms with Crippen LogP contribution in [0.2, 0.25) is 0 Å². The van der Waals surface area contributed by atoms with Gasteiger partial charge in [0.25, 0.3) is 11.8 Å². The topological polar surface area (TPSA) is 102 Å². The smallest absolute Gasteiger partial charge is 0.253 e.